The van der Waals surface area contributed by atoms with Crippen LogP contribution in [0.1, 0.15) is 56.0 Å². The van der Waals surface area contributed by atoms with Crippen molar-refractivity contribution >= 4 is 17.7 Å². The summed E-state index contributed by atoms with van der Waals surface area (Å²) in [5.41, 5.74) is 1.83. The smallest absolute Gasteiger partial charge is 0.227 e. The molecule has 0 radical (unpaired) electrons. The molecule has 6 rings (SSSR count). The molecule has 5 heteroatoms. The second-order valence-corrected chi connectivity index (χ2v) is 10.2. The van der Waals surface area contributed by atoms with E-state index in [1.807, 2.05) is 30.5 Å². The number of hydrogen-bond donors (Lipinski definition) is 1. The summed E-state index contributed by atoms with van der Waals surface area (Å²) in [6, 6.07) is 10.5. The highest BCUT2D eigenvalue weighted by molar-refractivity contribution is 5.93. The number of nitrogens with one attached hydrogen (secondary N) is 1. The maximum atomic E-state index is 13.2. The standard InChI is InChI=1S/C27H30N4O/c28-14-13-17-1-3-18(4-2-17)30-27(32)24-8-7-19-20-9-11-25-23(21(20)5-6-22(19)24)10-12-26-29-15-16-31(25)26/h1-4,10,12,15-16,19-25H,5-9,11,13H2,(H,30,32)/t19-,20-,21-,22-,23+,24+,25?/m0/s1. The fourth-order valence-corrected chi connectivity index (χ4v) is 7.59. The van der Waals surface area contributed by atoms with Gasteiger partial charge in [-0.1, -0.05) is 18.2 Å². The van der Waals surface area contributed by atoms with Gasteiger partial charge in [0.05, 0.1) is 12.5 Å². The van der Waals surface area contributed by atoms with Crippen molar-refractivity contribution in [3.63, 3.8) is 0 Å². The number of aromatic nitrogens is 2. The van der Waals surface area contributed by atoms with Crippen molar-refractivity contribution in [1.29, 1.82) is 5.26 Å². The Morgan fingerprint density at radius 2 is 1.78 bits per heavy atom. The molecule has 5 nitrogen and oxygen atoms in total. The normalized spacial score (nSPS) is 34.5. The second-order valence-electron chi connectivity index (χ2n) is 10.2. The third-order valence-corrected chi connectivity index (χ3v) is 8.91. The molecule has 0 spiro atoms. The molecule has 1 aliphatic heterocycles. The monoisotopic (exact) mass is 426 g/mol. The SMILES string of the molecule is N#CCc1ccc(NC(=O)[C@@H]2CC[C@H]3[C@@H]4CCC5[C@H](C=Cc6nccn65)[C@H]4CC[C@@H]32)cc1. The quantitative estimate of drug-likeness (QED) is 0.730. The maximum Gasteiger partial charge on any atom is 0.227 e. The van der Waals surface area contributed by atoms with Gasteiger partial charge in [-0.05, 0) is 86.0 Å². The zero-order valence-corrected chi connectivity index (χ0v) is 18.4. The third kappa shape index (κ3) is 3.20. The van der Waals surface area contributed by atoms with Crippen molar-refractivity contribution in [1.82, 2.24) is 9.55 Å². The summed E-state index contributed by atoms with van der Waals surface area (Å²) >= 11 is 0. The molecule has 0 saturated heterocycles. The molecule has 1 aromatic heterocycles. The van der Waals surface area contributed by atoms with Crippen molar-refractivity contribution in [3.8, 4) is 6.07 Å². The fraction of sp³-hybridized carbons (Fsp3) is 0.519. The summed E-state index contributed by atoms with van der Waals surface area (Å²) in [4.78, 5) is 17.7. The molecule has 2 aromatic rings. The Hall–Kier alpha value is -2.87. The van der Waals surface area contributed by atoms with E-state index < -0.39 is 0 Å². The number of allylic oxidation sites excluding steroid dienone is 1. The molecule has 0 bridgehead atoms. The highest BCUT2D eigenvalue weighted by atomic mass is 16.1. The highest BCUT2D eigenvalue weighted by Gasteiger charge is 2.52. The number of nitriles is 1. The van der Waals surface area contributed by atoms with E-state index in [0.29, 0.717) is 30.2 Å². The highest BCUT2D eigenvalue weighted by Crippen LogP contribution is 2.58. The lowest BCUT2D eigenvalue weighted by Crippen LogP contribution is -2.44. The Morgan fingerprint density at radius 3 is 2.62 bits per heavy atom. The number of rotatable bonds is 3. The van der Waals surface area contributed by atoms with Crippen molar-refractivity contribution in [2.24, 2.45) is 35.5 Å². The van der Waals surface area contributed by atoms with Crippen LogP contribution in [0.25, 0.3) is 6.08 Å². The van der Waals surface area contributed by atoms with E-state index in [4.69, 9.17) is 5.26 Å². The number of benzene rings is 1. The van der Waals surface area contributed by atoms with Gasteiger partial charge in [0, 0.05) is 36.0 Å². The molecule has 3 fully saturated rings. The third-order valence-electron chi connectivity index (χ3n) is 8.91. The van der Waals surface area contributed by atoms with Crippen LogP contribution in [-0.2, 0) is 11.2 Å². The second kappa shape index (κ2) is 7.92. The van der Waals surface area contributed by atoms with Crippen LogP contribution < -0.4 is 5.32 Å². The largest absolute Gasteiger partial charge is 0.328 e. The summed E-state index contributed by atoms with van der Waals surface area (Å²) in [6.07, 6.45) is 16.3. The number of imidazole rings is 1. The zero-order valence-electron chi connectivity index (χ0n) is 18.4. The Labute approximate surface area is 189 Å². The lowest BCUT2D eigenvalue weighted by Gasteiger charge is -2.51. The molecule has 3 aliphatic carbocycles. The first-order valence-corrected chi connectivity index (χ1v) is 12.2. The first kappa shape index (κ1) is 19.8. The van der Waals surface area contributed by atoms with E-state index in [1.165, 1.54) is 32.1 Å². The van der Waals surface area contributed by atoms with E-state index in [9.17, 15) is 4.79 Å². The topological polar surface area (TPSA) is 70.7 Å². The van der Waals surface area contributed by atoms with Crippen LogP contribution in [-0.4, -0.2) is 15.5 Å². The van der Waals surface area contributed by atoms with Gasteiger partial charge in [0.1, 0.15) is 5.82 Å². The van der Waals surface area contributed by atoms with Crippen molar-refractivity contribution in [3.05, 3.63) is 54.1 Å². The number of anilines is 1. The fourth-order valence-electron chi connectivity index (χ4n) is 7.59. The molecule has 2 heterocycles. The summed E-state index contributed by atoms with van der Waals surface area (Å²) < 4.78 is 2.40. The Morgan fingerprint density at radius 1 is 1.03 bits per heavy atom. The van der Waals surface area contributed by atoms with Crippen LogP contribution in [0.3, 0.4) is 0 Å². The van der Waals surface area contributed by atoms with Gasteiger partial charge in [0.2, 0.25) is 5.91 Å². The van der Waals surface area contributed by atoms with E-state index in [-0.39, 0.29) is 11.8 Å². The van der Waals surface area contributed by atoms with Crippen LogP contribution in [0.2, 0.25) is 0 Å². The molecule has 3 saturated carbocycles. The minimum atomic E-state index is 0.139. The average molecular weight is 427 g/mol. The number of carbonyl (C=O) groups is 1. The van der Waals surface area contributed by atoms with E-state index >= 15 is 0 Å². The van der Waals surface area contributed by atoms with Crippen LogP contribution >= 0.6 is 0 Å². The van der Waals surface area contributed by atoms with E-state index in [0.717, 1.165) is 35.3 Å². The Balaban J connectivity index is 1.14. The summed E-state index contributed by atoms with van der Waals surface area (Å²) in [6.45, 7) is 0. The lowest BCUT2D eigenvalue weighted by atomic mass is 9.56. The molecule has 164 valence electrons. The molecule has 32 heavy (non-hydrogen) atoms. The summed E-state index contributed by atoms with van der Waals surface area (Å²) in [5, 5.41) is 12.0. The number of fused-ring (bicyclic) bond motifs is 7. The molecule has 7 atom stereocenters. The molecule has 1 amide bonds. The van der Waals surface area contributed by atoms with E-state index in [1.54, 1.807) is 0 Å². The van der Waals surface area contributed by atoms with E-state index in [2.05, 4.69) is 39.3 Å². The number of carbonyl (C=O) groups excluding carboxylic acids is 1. The minimum absolute atomic E-state index is 0.139. The maximum absolute atomic E-state index is 13.2. The lowest BCUT2D eigenvalue weighted by molar-refractivity contribution is -0.122. The van der Waals surface area contributed by atoms with Gasteiger partial charge < -0.3 is 9.88 Å². The van der Waals surface area contributed by atoms with Crippen molar-refractivity contribution in [2.45, 2.75) is 51.0 Å². The number of nitrogens with zero attached hydrogens (tertiary/aromatic N) is 3. The van der Waals surface area contributed by atoms with Gasteiger partial charge in [-0.25, -0.2) is 4.98 Å². The van der Waals surface area contributed by atoms with Gasteiger partial charge in [0.15, 0.2) is 0 Å². The first-order valence-electron chi connectivity index (χ1n) is 12.2. The number of amides is 1. The van der Waals surface area contributed by atoms with Gasteiger partial charge >= 0.3 is 0 Å². The molecule has 1 aromatic carbocycles. The van der Waals surface area contributed by atoms with Gasteiger partial charge in [-0.15, -0.1) is 0 Å². The predicted octanol–water partition coefficient (Wildman–Crippen LogP) is 5.23. The van der Waals surface area contributed by atoms with Gasteiger partial charge in [-0.2, -0.15) is 5.26 Å². The van der Waals surface area contributed by atoms with Crippen molar-refractivity contribution < 1.29 is 4.79 Å². The van der Waals surface area contributed by atoms with Crippen LogP contribution in [0.5, 0.6) is 0 Å². The van der Waals surface area contributed by atoms with Crippen molar-refractivity contribution in [2.75, 3.05) is 5.32 Å². The van der Waals surface area contributed by atoms with Crippen LogP contribution in [0, 0.1) is 46.8 Å². The molecular formula is C27H30N4O. The molecule has 4 aliphatic rings. The van der Waals surface area contributed by atoms with Crippen LogP contribution in [0.15, 0.2) is 42.7 Å². The molecule has 1 N–H and O–H groups in total. The number of hydrogen-bond acceptors (Lipinski definition) is 3. The Kier molecular flexibility index (Phi) is 4.90. The first-order chi connectivity index (χ1) is 15.7. The van der Waals surface area contributed by atoms with Crippen LogP contribution in [0.4, 0.5) is 5.69 Å². The zero-order chi connectivity index (χ0) is 21.7. The average Bonchev–Trinajstić information content (AvgIpc) is 3.47. The minimum Gasteiger partial charge on any atom is -0.328 e. The molecule has 1 unspecified atom stereocenters. The van der Waals surface area contributed by atoms with Gasteiger partial charge in [0.25, 0.3) is 0 Å². The predicted molar refractivity (Wildman–Crippen MR) is 123 cm³/mol. The summed E-state index contributed by atoms with van der Waals surface area (Å²) in [5.74, 6) is 4.79. The Bertz CT molecular complexity index is 1080. The van der Waals surface area contributed by atoms with Gasteiger partial charge in [-0.3, -0.25) is 4.79 Å². The molecular weight excluding hydrogens is 396 g/mol. The summed E-state index contributed by atoms with van der Waals surface area (Å²) in [7, 11) is 0.